The molecule has 1 aliphatic rings. The predicted octanol–water partition coefficient (Wildman–Crippen LogP) is 2.03. The Bertz CT molecular complexity index is 918. The van der Waals surface area contributed by atoms with Gasteiger partial charge in [-0.25, -0.2) is 9.50 Å². The molecule has 0 bridgehead atoms. The minimum absolute atomic E-state index is 0.0703. The fraction of sp³-hybridized carbons (Fsp3) is 0.333. The lowest BCUT2D eigenvalue weighted by atomic mass is 9.97. The highest BCUT2D eigenvalue weighted by Gasteiger charge is 2.39. The van der Waals surface area contributed by atoms with Crippen LogP contribution in [0.4, 0.5) is 5.82 Å². The molecular formula is C18H21N5O3. The van der Waals surface area contributed by atoms with E-state index in [0.717, 1.165) is 41.4 Å². The van der Waals surface area contributed by atoms with Gasteiger partial charge in [0.25, 0.3) is 6.47 Å². The minimum Gasteiger partial charge on any atom is -0.483 e. The third-order valence-electron chi connectivity index (χ3n) is 4.43. The normalized spacial score (nSPS) is 15.1. The Balaban J connectivity index is 0.000000613. The summed E-state index contributed by atoms with van der Waals surface area (Å²) in [7, 11) is 1.76. The summed E-state index contributed by atoms with van der Waals surface area (Å²) in [6.07, 6.45) is 5.63. The molecular weight excluding hydrogens is 334 g/mol. The van der Waals surface area contributed by atoms with E-state index < -0.39 is 0 Å². The van der Waals surface area contributed by atoms with Crippen molar-refractivity contribution in [1.82, 2.24) is 19.6 Å². The Morgan fingerprint density at radius 3 is 2.73 bits per heavy atom. The number of methoxy groups -OCH3 is 1. The zero-order valence-corrected chi connectivity index (χ0v) is 15.0. The van der Waals surface area contributed by atoms with E-state index in [1.54, 1.807) is 7.11 Å². The second kappa shape index (κ2) is 7.09. The van der Waals surface area contributed by atoms with Gasteiger partial charge >= 0.3 is 0 Å². The predicted molar refractivity (Wildman–Crippen MR) is 97.3 cm³/mol. The van der Waals surface area contributed by atoms with E-state index in [0.29, 0.717) is 0 Å². The topological polar surface area (TPSA) is 92.9 Å². The Hall–Kier alpha value is -3.00. The van der Waals surface area contributed by atoms with Crippen molar-refractivity contribution in [2.75, 3.05) is 25.1 Å². The van der Waals surface area contributed by atoms with E-state index >= 15 is 0 Å². The number of nitrogens with zero attached hydrogens (tertiary/aromatic N) is 5. The molecule has 0 spiro atoms. The van der Waals surface area contributed by atoms with Gasteiger partial charge in [-0.15, -0.1) is 0 Å². The van der Waals surface area contributed by atoms with Crippen LogP contribution in [0.1, 0.15) is 12.6 Å². The molecule has 0 saturated carbocycles. The summed E-state index contributed by atoms with van der Waals surface area (Å²) in [5.41, 5.74) is 3.88. The lowest BCUT2D eigenvalue weighted by Crippen LogP contribution is -2.61. The lowest BCUT2D eigenvalue weighted by molar-refractivity contribution is -0.122. The van der Waals surface area contributed by atoms with Gasteiger partial charge in [0.15, 0.2) is 5.65 Å². The number of aromatic nitrogens is 4. The summed E-state index contributed by atoms with van der Waals surface area (Å²) in [6, 6.07) is 6.04. The van der Waals surface area contributed by atoms with Crippen LogP contribution in [-0.4, -0.2) is 57.0 Å². The van der Waals surface area contributed by atoms with Gasteiger partial charge in [0.2, 0.25) is 0 Å². The number of hydrogen-bond donors (Lipinski definition) is 1. The van der Waals surface area contributed by atoms with E-state index in [1.807, 2.05) is 42.2 Å². The molecule has 8 heteroatoms. The van der Waals surface area contributed by atoms with Crippen molar-refractivity contribution in [1.29, 1.82) is 0 Å². The molecule has 3 aromatic heterocycles. The number of ether oxygens (including phenoxy) is 1. The monoisotopic (exact) mass is 355 g/mol. The van der Waals surface area contributed by atoms with Crippen LogP contribution in [0.2, 0.25) is 0 Å². The maximum atomic E-state index is 8.36. The van der Waals surface area contributed by atoms with Gasteiger partial charge in [0.05, 0.1) is 11.8 Å². The molecule has 26 heavy (non-hydrogen) atoms. The first kappa shape index (κ1) is 17.8. The van der Waals surface area contributed by atoms with Gasteiger partial charge in [-0.1, -0.05) is 0 Å². The average molecular weight is 355 g/mol. The third kappa shape index (κ3) is 3.36. The van der Waals surface area contributed by atoms with Crippen molar-refractivity contribution < 1.29 is 14.6 Å². The second-order valence-corrected chi connectivity index (χ2v) is 6.41. The molecule has 0 aliphatic carbocycles. The molecule has 8 nitrogen and oxygen atoms in total. The van der Waals surface area contributed by atoms with E-state index in [1.165, 1.54) is 0 Å². The highest BCUT2D eigenvalue weighted by atomic mass is 16.5. The van der Waals surface area contributed by atoms with Crippen LogP contribution in [-0.2, 0) is 9.53 Å². The van der Waals surface area contributed by atoms with Crippen LogP contribution in [0.25, 0.3) is 16.8 Å². The highest BCUT2D eigenvalue weighted by Crippen LogP contribution is 2.30. The third-order valence-corrected chi connectivity index (χ3v) is 4.43. The van der Waals surface area contributed by atoms with Crippen LogP contribution in [0.3, 0.4) is 0 Å². The maximum Gasteiger partial charge on any atom is 0.290 e. The molecule has 1 fully saturated rings. The van der Waals surface area contributed by atoms with Crippen molar-refractivity contribution in [3.63, 3.8) is 0 Å². The Morgan fingerprint density at radius 2 is 2.08 bits per heavy atom. The highest BCUT2D eigenvalue weighted by molar-refractivity contribution is 5.77. The Labute approximate surface area is 151 Å². The van der Waals surface area contributed by atoms with E-state index in [2.05, 4.69) is 28.0 Å². The standard InChI is InChI=1S/C17H19N5O.CH2O2/c1-12-8-13(4-6-18-12)14-9-19-22-7-5-15(20-16(14)22)21-10-17(2,11-21)23-3;2-1-3/h4-9H,10-11H2,1-3H3;1H,(H,2,3). The largest absolute Gasteiger partial charge is 0.483 e. The van der Waals surface area contributed by atoms with Crippen LogP contribution >= 0.6 is 0 Å². The van der Waals surface area contributed by atoms with E-state index in [9.17, 15) is 0 Å². The first-order chi connectivity index (χ1) is 12.5. The van der Waals surface area contributed by atoms with Crippen molar-refractivity contribution in [2.45, 2.75) is 19.4 Å². The summed E-state index contributed by atoms with van der Waals surface area (Å²) in [5.74, 6) is 0.958. The summed E-state index contributed by atoms with van der Waals surface area (Å²) in [5, 5.41) is 11.3. The molecule has 1 N–H and O–H groups in total. The van der Waals surface area contributed by atoms with Crippen LogP contribution in [0.15, 0.2) is 36.8 Å². The van der Waals surface area contributed by atoms with Gasteiger partial charge in [-0.05, 0) is 37.6 Å². The fourth-order valence-corrected chi connectivity index (χ4v) is 3.00. The van der Waals surface area contributed by atoms with Crippen LogP contribution in [0, 0.1) is 6.92 Å². The van der Waals surface area contributed by atoms with Crippen LogP contribution in [0.5, 0.6) is 0 Å². The molecule has 4 rings (SSSR count). The Kier molecular flexibility index (Phi) is 4.85. The van der Waals surface area contributed by atoms with Crippen molar-refractivity contribution in [3.8, 4) is 11.1 Å². The fourth-order valence-electron chi connectivity index (χ4n) is 3.00. The SMILES string of the molecule is COC1(C)CN(c2ccn3ncc(-c4ccnc(C)c4)c3n2)C1.O=CO. The van der Waals surface area contributed by atoms with Gasteiger partial charge in [-0.3, -0.25) is 9.78 Å². The number of pyridine rings is 1. The molecule has 0 radical (unpaired) electrons. The van der Waals surface area contributed by atoms with Gasteiger partial charge < -0.3 is 14.7 Å². The molecule has 4 heterocycles. The zero-order chi connectivity index (χ0) is 18.7. The number of fused-ring (bicyclic) bond motifs is 1. The summed E-state index contributed by atoms with van der Waals surface area (Å²) in [4.78, 5) is 19.6. The first-order valence-corrected chi connectivity index (χ1v) is 8.15. The zero-order valence-electron chi connectivity index (χ0n) is 15.0. The number of carboxylic acid groups (broad SMARTS) is 1. The van der Waals surface area contributed by atoms with E-state index in [4.69, 9.17) is 19.6 Å². The number of aryl methyl sites for hydroxylation is 1. The van der Waals surface area contributed by atoms with Crippen molar-refractivity contribution >= 4 is 17.9 Å². The molecule has 0 amide bonds. The number of rotatable bonds is 3. The molecule has 0 aromatic carbocycles. The Morgan fingerprint density at radius 1 is 1.35 bits per heavy atom. The molecule has 0 unspecified atom stereocenters. The van der Waals surface area contributed by atoms with E-state index in [-0.39, 0.29) is 12.1 Å². The minimum atomic E-state index is -0.250. The van der Waals surface area contributed by atoms with Gasteiger partial charge in [0.1, 0.15) is 5.82 Å². The molecule has 136 valence electrons. The summed E-state index contributed by atoms with van der Waals surface area (Å²) >= 11 is 0. The molecule has 1 aliphatic heterocycles. The average Bonchev–Trinajstić information content (AvgIpc) is 3.03. The quantitative estimate of drug-likeness (QED) is 0.719. The second-order valence-electron chi connectivity index (χ2n) is 6.41. The van der Waals surface area contributed by atoms with Crippen LogP contribution < -0.4 is 4.90 Å². The molecule has 3 aromatic rings. The summed E-state index contributed by atoms with van der Waals surface area (Å²) < 4.78 is 7.32. The van der Waals surface area contributed by atoms with Gasteiger partial charge in [0, 0.05) is 43.9 Å². The molecule has 1 saturated heterocycles. The maximum absolute atomic E-state index is 8.36. The molecule has 0 atom stereocenters. The van der Waals surface area contributed by atoms with Crippen molar-refractivity contribution in [2.24, 2.45) is 0 Å². The van der Waals surface area contributed by atoms with Crippen molar-refractivity contribution in [3.05, 3.63) is 42.5 Å². The summed E-state index contributed by atoms with van der Waals surface area (Å²) in [6.45, 7) is 5.56. The smallest absolute Gasteiger partial charge is 0.290 e. The lowest BCUT2D eigenvalue weighted by Gasteiger charge is -2.47. The van der Waals surface area contributed by atoms with Gasteiger partial charge in [-0.2, -0.15) is 5.10 Å². The number of hydrogen-bond acceptors (Lipinski definition) is 6. The first-order valence-electron chi connectivity index (χ1n) is 8.15. The number of carbonyl (C=O) groups is 1. The number of anilines is 1.